The van der Waals surface area contributed by atoms with Crippen molar-refractivity contribution in [3.63, 3.8) is 0 Å². The number of hydrogen-bond donors (Lipinski definition) is 4. The van der Waals surface area contributed by atoms with Crippen molar-refractivity contribution in [1.29, 1.82) is 0 Å². The van der Waals surface area contributed by atoms with Gasteiger partial charge in [-0.3, -0.25) is 9.97 Å². The molecule has 6 aromatic heterocycles. The molecule has 6 heterocycles. The van der Waals surface area contributed by atoms with E-state index < -0.39 is 0 Å². The highest BCUT2D eigenvalue weighted by atomic mass is 35.5. The second kappa shape index (κ2) is 18.1. The van der Waals surface area contributed by atoms with Crippen molar-refractivity contribution < 1.29 is 0 Å². The SMILES string of the molecule is C.Cl.Cl.Clc1cc(-c2ccccc2)ccn1.Nc1c[nH]c2cccnc12.c1ccc(-c2ccnc(Nc3c[nH]c4cccnc34)c2)cc1. The van der Waals surface area contributed by atoms with E-state index in [4.69, 9.17) is 17.3 Å². The molecule has 11 heteroatoms. The van der Waals surface area contributed by atoms with E-state index in [1.807, 2.05) is 109 Å². The average molecular weight is 698 g/mol. The number of hydrogen-bond acceptors (Lipinski definition) is 6. The Morgan fingerprint density at radius 1 is 0.542 bits per heavy atom. The van der Waals surface area contributed by atoms with Crippen molar-refractivity contribution in [3.05, 3.63) is 152 Å². The molecule has 0 fully saturated rings. The number of fused-ring (bicyclic) bond motifs is 2. The molecule has 0 amide bonds. The van der Waals surface area contributed by atoms with Gasteiger partial charge in [-0.15, -0.1) is 24.8 Å². The van der Waals surface area contributed by atoms with Crippen molar-refractivity contribution in [2.75, 3.05) is 11.1 Å². The summed E-state index contributed by atoms with van der Waals surface area (Å²) in [4.78, 5) is 23.0. The lowest BCUT2D eigenvalue weighted by Crippen LogP contribution is -1.93. The zero-order valence-electron chi connectivity index (χ0n) is 24.9. The minimum absolute atomic E-state index is 0. The zero-order valence-corrected chi connectivity index (χ0v) is 27.3. The number of nitrogens with two attached hydrogens (primary N) is 1. The van der Waals surface area contributed by atoms with Gasteiger partial charge in [0.15, 0.2) is 0 Å². The Morgan fingerprint density at radius 2 is 1.08 bits per heavy atom. The maximum atomic E-state index is 5.78. The number of pyridine rings is 4. The van der Waals surface area contributed by atoms with Crippen molar-refractivity contribution in [1.82, 2.24) is 29.9 Å². The topological polar surface area (TPSA) is 121 Å². The lowest BCUT2D eigenvalue weighted by molar-refractivity contribution is 1.31. The number of anilines is 3. The van der Waals surface area contributed by atoms with E-state index in [2.05, 4.69) is 47.4 Å². The van der Waals surface area contributed by atoms with Crippen LogP contribution in [0.2, 0.25) is 5.15 Å². The largest absolute Gasteiger partial charge is 0.396 e. The molecule has 0 atom stereocenters. The van der Waals surface area contributed by atoms with Gasteiger partial charge in [0.25, 0.3) is 0 Å². The Hall–Kier alpha value is -5.41. The monoisotopic (exact) mass is 696 g/mol. The second-order valence-electron chi connectivity index (χ2n) is 9.90. The molecule has 8 nitrogen and oxygen atoms in total. The molecule has 244 valence electrons. The van der Waals surface area contributed by atoms with Crippen LogP contribution in [0.1, 0.15) is 7.43 Å². The minimum atomic E-state index is 0. The summed E-state index contributed by atoms with van der Waals surface area (Å²) in [6.45, 7) is 0. The van der Waals surface area contributed by atoms with Crippen LogP contribution in [-0.4, -0.2) is 29.9 Å². The molecule has 2 aromatic carbocycles. The molecule has 0 bridgehead atoms. The van der Waals surface area contributed by atoms with E-state index in [1.54, 1.807) is 24.8 Å². The molecule has 0 saturated carbocycles. The molecule has 5 N–H and O–H groups in total. The molecular formula is C37H35Cl3N8. The van der Waals surface area contributed by atoms with Crippen LogP contribution in [0, 0.1) is 0 Å². The Morgan fingerprint density at radius 3 is 1.69 bits per heavy atom. The van der Waals surface area contributed by atoms with Crippen LogP contribution in [0.5, 0.6) is 0 Å². The molecule has 48 heavy (non-hydrogen) atoms. The van der Waals surface area contributed by atoms with Crippen molar-refractivity contribution >= 4 is 75.7 Å². The van der Waals surface area contributed by atoms with E-state index in [0.717, 1.165) is 50.3 Å². The van der Waals surface area contributed by atoms with Gasteiger partial charge < -0.3 is 21.0 Å². The lowest BCUT2D eigenvalue weighted by atomic mass is 10.1. The van der Waals surface area contributed by atoms with E-state index in [0.29, 0.717) is 10.8 Å². The molecule has 0 radical (unpaired) electrons. The fourth-order valence-electron chi connectivity index (χ4n) is 4.69. The first-order chi connectivity index (χ1) is 22.1. The quantitative estimate of drug-likeness (QED) is 0.136. The third-order valence-corrected chi connectivity index (χ3v) is 7.07. The first kappa shape index (κ1) is 37.1. The normalized spacial score (nSPS) is 9.77. The number of nitrogen functional groups attached to an aromatic ring is 1. The predicted molar refractivity (Wildman–Crippen MR) is 205 cm³/mol. The fraction of sp³-hybridized carbons (Fsp3) is 0.0270. The van der Waals surface area contributed by atoms with Gasteiger partial charge >= 0.3 is 0 Å². The second-order valence-corrected chi connectivity index (χ2v) is 10.3. The van der Waals surface area contributed by atoms with Gasteiger partial charge in [-0.1, -0.05) is 79.7 Å². The number of halogens is 3. The summed E-state index contributed by atoms with van der Waals surface area (Å²) in [5.41, 5.74) is 15.5. The van der Waals surface area contributed by atoms with Crippen molar-refractivity contribution in [2.24, 2.45) is 0 Å². The summed E-state index contributed by atoms with van der Waals surface area (Å²) in [6, 6.07) is 35.9. The standard InChI is InChI=1S/C18H14N4.C11H8ClN.C7H7N3.CH4.2ClH/c1-2-5-13(6-3-1)14-8-10-19-17(11-14)22-16-12-21-15-7-4-9-20-18(15)16;12-11-8-10(6-7-13-11)9-4-2-1-3-5-9;8-5-4-10-6-2-1-3-9-7(5)6;;;/h1-12,21H,(H,19,22);1-8H;1-4,10H,8H2;1H4;2*1H. The Kier molecular flexibility index (Phi) is 13.9. The molecule has 8 rings (SSSR count). The summed E-state index contributed by atoms with van der Waals surface area (Å²) >= 11 is 5.78. The highest BCUT2D eigenvalue weighted by Crippen LogP contribution is 2.26. The summed E-state index contributed by atoms with van der Waals surface area (Å²) in [7, 11) is 0. The highest BCUT2D eigenvalue weighted by Gasteiger charge is 2.06. The minimum Gasteiger partial charge on any atom is -0.396 e. The molecule has 0 unspecified atom stereocenters. The van der Waals surface area contributed by atoms with E-state index >= 15 is 0 Å². The average Bonchev–Trinajstić information content (AvgIpc) is 3.69. The van der Waals surface area contributed by atoms with Crippen molar-refractivity contribution in [2.45, 2.75) is 7.43 Å². The van der Waals surface area contributed by atoms with Crippen LogP contribution >= 0.6 is 36.4 Å². The maximum absolute atomic E-state index is 5.78. The number of H-pyrrole nitrogens is 2. The number of nitrogens with one attached hydrogen (secondary N) is 3. The smallest absolute Gasteiger partial charge is 0.130 e. The first-order valence-electron chi connectivity index (χ1n) is 14.2. The Balaban J connectivity index is 0.000000206. The third-order valence-electron chi connectivity index (χ3n) is 6.86. The van der Waals surface area contributed by atoms with E-state index in [9.17, 15) is 0 Å². The van der Waals surface area contributed by atoms with Gasteiger partial charge in [0.2, 0.25) is 0 Å². The third kappa shape index (κ3) is 9.33. The molecule has 0 saturated heterocycles. The van der Waals surface area contributed by atoms with Crippen LogP contribution in [0.15, 0.2) is 146 Å². The summed E-state index contributed by atoms with van der Waals surface area (Å²) in [5, 5.41) is 3.86. The number of aromatic nitrogens is 6. The number of aromatic amines is 2. The molecule has 0 spiro atoms. The highest BCUT2D eigenvalue weighted by molar-refractivity contribution is 6.29. The molecule has 0 aliphatic rings. The Bertz CT molecular complexity index is 2130. The van der Waals surface area contributed by atoms with Crippen LogP contribution < -0.4 is 11.1 Å². The van der Waals surface area contributed by atoms with Gasteiger partial charge in [-0.2, -0.15) is 0 Å². The predicted octanol–water partition coefficient (Wildman–Crippen LogP) is 10.4. The maximum Gasteiger partial charge on any atom is 0.130 e. The molecule has 0 aliphatic carbocycles. The lowest BCUT2D eigenvalue weighted by Gasteiger charge is -2.06. The zero-order chi connectivity index (χ0) is 30.8. The number of nitrogens with zero attached hydrogens (tertiary/aromatic N) is 4. The van der Waals surface area contributed by atoms with Crippen LogP contribution in [-0.2, 0) is 0 Å². The van der Waals surface area contributed by atoms with Gasteiger partial charge in [-0.05, 0) is 70.8 Å². The van der Waals surface area contributed by atoms with E-state index in [1.165, 1.54) is 5.56 Å². The molecule has 0 aliphatic heterocycles. The van der Waals surface area contributed by atoms with Crippen LogP contribution in [0.3, 0.4) is 0 Å². The summed E-state index contributed by atoms with van der Waals surface area (Å²) in [6.07, 6.45) is 10.7. The van der Waals surface area contributed by atoms with Gasteiger partial charge in [0.05, 0.1) is 22.4 Å². The Labute approximate surface area is 296 Å². The fourth-order valence-corrected chi connectivity index (χ4v) is 4.86. The van der Waals surface area contributed by atoms with Gasteiger partial charge in [0.1, 0.15) is 22.0 Å². The van der Waals surface area contributed by atoms with Gasteiger partial charge in [0, 0.05) is 37.2 Å². The summed E-state index contributed by atoms with van der Waals surface area (Å²) < 4.78 is 0. The molecular weight excluding hydrogens is 663 g/mol. The van der Waals surface area contributed by atoms with Crippen LogP contribution in [0.4, 0.5) is 17.2 Å². The van der Waals surface area contributed by atoms with Gasteiger partial charge in [-0.25, -0.2) is 9.97 Å². The summed E-state index contributed by atoms with van der Waals surface area (Å²) in [5.74, 6) is 0.799. The van der Waals surface area contributed by atoms with Crippen molar-refractivity contribution in [3.8, 4) is 22.3 Å². The first-order valence-corrected chi connectivity index (χ1v) is 14.6. The van der Waals surface area contributed by atoms with E-state index in [-0.39, 0.29) is 32.2 Å². The number of benzene rings is 2. The van der Waals surface area contributed by atoms with Crippen LogP contribution in [0.25, 0.3) is 44.3 Å². The molecule has 8 aromatic rings. The number of rotatable bonds is 4.